The Labute approximate surface area is 115 Å². The molecular formula is C15H14O3S. The van der Waals surface area contributed by atoms with Gasteiger partial charge < -0.3 is 0 Å². The summed E-state index contributed by atoms with van der Waals surface area (Å²) in [5, 5.41) is 0. The minimum atomic E-state index is -1.72. The third-order valence-corrected chi connectivity index (χ3v) is 4.24. The molecule has 0 aliphatic carbocycles. The van der Waals surface area contributed by atoms with Gasteiger partial charge in [-0.05, 0) is 18.1 Å². The standard InChI is InChI=1S/C15H14O3S/c1-12-15(18-19(16)17-12,13-8-4-2-5-9-13)14-10-6-3-7-11-14/h2-12H,1H3/t12-,19?/m1/s1. The number of hydrogen-bond acceptors (Lipinski definition) is 3. The lowest BCUT2D eigenvalue weighted by Gasteiger charge is -2.30. The first kappa shape index (κ1) is 12.5. The topological polar surface area (TPSA) is 35.5 Å². The van der Waals surface area contributed by atoms with Gasteiger partial charge in [-0.3, -0.25) is 4.18 Å². The van der Waals surface area contributed by atoms with Gasteiger partial charge in [0.05, 0.1) is 0 Å². The van der Waals surface area contributed by atoms with Gasteiger partial charge >= 0.3 is 11.4 Å². The van der Waals surface area contributed by atoms with Gasteiger partial charge in [0.25, 0.3) is 0 Å². The lowest BCUT2D eigenvalue weighted by molar-refractivity contribution is 0.0859. The Morgan fingerprint density at radius 2 is 1.42 bits per heavy atom. The molecule has 0 bridgehead atoms. The molecule has 2 atom stereocenters. The van der Waals surface area contributed by atoms with Crippen molar-refractivity contribution in [2.45, 2.75) is 18.6 Å². The molecule has 2 aromatic rings. The molecule has 3 rings (SSSR count). The van der Waals surface area contributed by atoms with Crippen molar-refractivity contribution < 1.29 is 12.6 Å². The zero-order valence-corrected chi connectivity index (χ0v) is 11.3. The molecule has 1 saturated heterocycles. The number of hydrogen-bond donors (Lipinski definition) is 0. The van der Waals surface area contributed by atoms with E-state index in [9.17, 15) is 4.21 Å². The molecule has 0 radical (unpaired) electrons. The highest BCUT2D eigenvalue weighted by atomic mass is 32.2. The van der Waals surface area contributed by atoms with Crippen molar-refractivity contribution in [1.82, 2.24) is 0 Å². The van der Waals surface area contributed by atoms with Crippen LogP contribution in [-0.4, -0.2) is 10.3 Å². The largest absolute Gasteiger partial charge is 0.306 e. The van der Waals surface area contributed by atoms with Gasteiger partial charge in [0.1, 0.15) is 6.10 Å². The molecule has 0 amide bonds. The van der Waals surface area contributed by atoms with Gasteiger partial charge in [-0.15, -0.1) is 0 Å². The average Bonchev–Trinajstić information content (AvgIpc) is 2.76. The van der Waals surface area contributed by atoms with Gasteiger partial charge in [0, 0.05) is 0 Å². The SMILES string of the molecule is C[C@H]1OS(=O)OC1(c1ccccc1)c1ccccc1. The van der Waals surface area contributed by atoms with Crippen molar-refractivity contribution in [2.75, 3.05) is 0 Å². The maximum Gasteiger partial charge on any atom is 0.306 e. The molecule has 98 valence electrons. The van der Waals surface area contributed by atoms with Crippen LogP contribution in [0.5, 0.6) is 0 Å². The van der Waals surface area contributed by atoms with Crippen molar-refractivity contribution in [2.24, 2.45) is 0 Å². The molecule has 19 heavy (non-hydrogen) atoms. The summed E-state index contributed by atoms with van der Waals surface area (Å²) in [7, 11) is 0. The predicted molar refractivity (Wildman–Crippen MR) is 73.4 cm³/mol. The van der Waals surface area contributed by atoms with E-state index in [0.29, 0.717) is 0 Å². The van der Waals surface area contributed by atoms with E-state index in [1.165, 1.54) is 0 Å². The van der Waals surface area contributed by atoms with Gasteiger partial charge in [-0.25, -0.2) is 4.18 Å². The van der Waals surface area contributed by atoms with E-state index in [1.54, 1.807) is 0 Å². The maximum absolute atomic E-state index is 11.7. The molecule has 1 aliphatic heterocycles. The molecule has 1 heterocycles. The molecule has 0 spiro atoms. The van der Waals surface area contributed by atoms with Crippen molar-refractivity contribution in [3.05, 3.63) is 71.8 Å². The van der Waals surface area contributed by atoms with Crippen LogP contribution in [0.2, 0.25) is 0 Å². The second-order valence-electron chi connectivity index (χ2n) is 4.49. The molecule has 1 fully saturated rings. The zero-order chi connectivity index (χ0) is 13.3. The average molecular weight is 274 g/mol. The first-order valence-corrected chi connectivity index (χ1v) is 7.13. The number of benzene rings is 2. The van der Waals surface area contributed by atoms with Crippen LogP contribution >= 0.6 is 0 Å². The van der Waals surface area contributed by atoms with Crippen LogP contribution in [0.15, 0.2) is 60.7 Å². The molecule has 0 aromatic heterocycles. The fourth-order valence-corrected chi connectivity index (χ4v) is 3.44. The molecule has 0 saturated carbocycles. The van der Waals surface area contributed by atoms with E-state index in [0.717, 1.165) is 11.1 Å². The molecule has 4 heteroatoms. The lowest BCUT2D eigenvalue weighted by atomic mass is 9.82. The third kappa shape index (κ3) is 2.02. The second kappa shape index (κ2) is 4.89. The van der Waals surface area contributed by atoms with E-state index >= 15 is 0 Å². The van der Waals surface area contributed by atoms with Crippen LogP contribution < -0.4 is 0 Å². The van der Waals surface area contributed by atoms with Gasteiger partial charge in [0.2, 0.25) is 0 Å². The van der Waals surface area contributed by atoms with E-state index in [2.05, 4.69) is 0 Å². The molecular weight excluding hydrogens is 260 g/mol. The summed E-state index contributed by atoms with van der Waals surface area (Å²) >= 11 is -1.72. The Bertz CT molecular complexity index is 543. The minimum absolute atomic E-state index is 0.321. The number of rotatable bonds is 2. The molecule has 3 nitrogen and oxygen atoms in total. The van der Waals surface area contributed by atoms with E-state index in [-0.39, 0.29) is 6.10 Å². The summed E-state index contributed by atoms with van der Waals surface area (Å²) in [4.78, 5) is 0. The van der Waals surface area contributed by atoms with Crippen molar-refractivity contribution in [3.8, 4) is 0 Å². The summed E-state index contributed by atoms with van der Waals surface area (Å²) in [6.07, 6.45) is -0.321. The van der Waals surface area contributed by atoms with Crippen LogP contribution in [0.1, 0.15) is 18.1 Å². The summed E-state index contributed by atoms with van der Waals surface area (Å²) < 4.78 is 22.7. The zero-order valence-electron chi connectivity index (χ0n) is 10.5. The van der Waals surface area contributed by atoms with Crippen LogP contribution in [0, 0.1) is 0 Å². The molecule has 1 unspecified atom stereocenters. The Kier molecular flexibility index (Phi) is 3.22. The Balaban J connectivity index is 2.20. The fraction of sp³-hybridized carbons (Fsp3) is 0.200. The quantitative estimate of drug-likeness (QED) is 0.844. The Morgan fingerprint density at radius 3 is 1.79 bits per heavy atom. The summed E-state index contributed by atoms with van der Waals surface area (Å²) in [5.41, 5.74) is 1.08. The van der Waals surface area contributed by atoms with Crippen LogP contribution in [0.3, 0.4) is 0 Å². The minimum Gasteiger partial charge on any atom is -0.262 e. The Hall–Kier alpha value is -1.49. The summed E-state index contributed by atoms with van der Waals surface area (Å²) in [6.45, 7) is 1.88. The van der Waals surface area contributed by atoms with E-state index in [1.807, 2.05) is 67.6 Å². The maximum atomic E-state index is 11.7. The fourth-order valence-electron chi connectivity index (χ4n) is 2.48. The van der Waals surface area contributed by atoms with Crippen molar-refractivity contribution >= 4 is 11.4 Å². The predicted octanol–water partition coefficient (Wildman–Crippen LogP) is 2.94. The molecule has 2 aromatic carbocycles. The normalized spacial score (nSPS) is 25.3. The first-order chi connectivity index (χ1) is 9.23. The summed E-state index contributed by atoms with van der Waals surface area (Å²) in [6, 6.07) is 19.5. The van der Waals surface area contributed by atoms with Crippen LogP contribution in [0.25, 0.3) is 0 Å². The van der Waals surface area contributed by atoms with Gasteiger partial charge in [-0.1, -0.05) is 60.7 Å². The first-order valence-electron chi connectivity index (χ1n) is 6.13. The van der Waals surface area contributed by atoms with E-state index in [4.69, 9.17) is 8.37 Å². The van der Waals surface area contributed by atoms with Gasteiger partial charge in [-0.2, -0.15) is 4.21 Å². The van der Waals surface area contributed by atoms with Gasteiger partial charge in [0.15, 0.2) is 5.60 Å². The second-order valence-corrected chi connectivity index (χ2v) is 5.26. The van der Waals surface area contributed by atoms with Crippen molar-refractivity contribution in [3.63, 3.8) is 0 Å². The van der Waals surface area contributed by atoms with Crippen LogP contribution in [-0.2, 0) is 25.3 Å². The molecule has 1 aliphatic rings. The molecule has 0 N–H and O–H groups in total. The van der Waals surface area contributed by atoms with Crippen molar-refractivity contribution in [1.29, 1.82) is 0 Å². The lowest BCUT2D eigenvalue weighted by Crippen LogP contribution is -2.36. The summed E-state index contributed by atoms with van der Waals surface area (Å²) in [5.74, 6) is 0. The van der Waals surface area contributed by atoms with E-state index < -0.39 is 17.0 Å². The smallest absolute Gasteiger partial charge is 0.262 e. The highest BCUT2D eigenvalue weighted by Gasteiger charge is 2.50. The third-order valence-electron chi connectivity index (χ3n) is 3.40. The van der Waals surface area contributed by atoms with Crippen LogP contribution in [0.4, 0.5) is 0 Å². The highest BCUT2D eigenvalue weighted by Crippen LogP contribution is 2.43. The monoisotopic (exact) mass is 274 g/mol. The Morgan fingerprint density at radius 1 is 0.947 bits per heavy atom. The highest BCUT2D eigenvalue weighted by molar-refractivity contribution is 7.75.